The van der Waals surface area contributed by atoms with Crippen LogP contribution in [0.4, 0.5) is 4.39 Å². The second-order valence-corrected chi connectivity index (χ2v) is 6.67. The van der Waals surface area contributed by atoms with Gasteiger partial charge in [-0.2, -0.15) is 0 Å². The van der Waals surface area contributed by atoms with Crippen LogP contribution in [0.2, 0.25) is 0 Å². The third-order valence-corrected chi connectivity index (χ3v) is 4.67. The lowest BCUT2D eigenvalue weighted by molar-refractivity contribution is 0.298. The molecule has 0 spiro atoms. The topological polar surface area (TPSA) is 22.1 Å². The van der Waals surface area contributed by atoms with Gasteiger partial charge in [0.1, 0.15) is 12.4 Å². The Morgan fingerprint density at radius 2 is 1.52 bits per heavy atom. The molecule has 1 heterocycles. The van der Waals surface area contributed by atoms with E-state index < -0.39 is 0 Å². The molecule has 0 unspecified atom stereocenters. The first-order valence-corrected chi connectivity index (χ1v) is 8.99. The summed E-state index contributed by atoms with van der Waals surface area (Å²) in [6.45, 7) is 2.19. The number of ether oxygens (including phenoxy) is 1. The predicted octanol–water partition coefficient (Wildman–Crippen LogP) is 5.85. The maximum Gasteiger partial charge on any atom is 0.221 e. The Balaban J connectivity index is 1.72. The lowest BCUT2D eigenvalue weighted by Gasteiger charge is -2.13. The Kier molecular flexibility index (Phi) is 4.84. The van der Waals surface area contributed by atoms with E-state index in [2.05, 4.69) is 17.1 Å². The number of fused-ring (bicyclic) bond motifs is 1. The lowest BCUT2D eigenvalue weighted by Crippen LogP contribution is -2.01. The van der Waals surface area contributed by atoms with Crippen LogP contribution >= 0.6 is 0 Å². The molecule has 1 aromatic heterocycles. The van der Waals surface area contributed by atoms with Crippen molar-refractivity contribution in [2.75, 3.05) is 0 Å². The van der Waals surface area contributed by atoms with E-state index in [0.29, 0.717) is 24.5 Å². The van der Waals surface area contributed by atoms with Crippen molar-refractivity contribution >= 4 is 10.8 Å². The minimum Gasteiger partial charge on any atom is -0.472 e. The first-order valence-electron chi connectivity index (χ1n) is 8.99. The molecule has 4 aromatic rings. The highest BCUT2D eigenvalue weighted by Gasteiger charge is 2.12. The van der Waals surface area contributed by atoms with E-state index in [4.69, 9.17) is 4.74 Å². The normalized spacial score (nSPS) is 10.9. The molecule has 0 N–H and O–H groups in total. The maximum atomic E-state index is 14.3. The second-order valence-electron chi connectivity index (χ2n) is 6.67. The summed E-state index contributed by atoms with van der Waals surface area (Å²) >= 11 is 0. The van der Waals surface area contributed by atoms with Crippen molar-refractivity contribution < 1.29 is 9.13 Å². The lowest BCUT2D eigenvalue weighted by atomic mass is 9.99. The largest absolute Gasteiger partial charge is 0.472 e. The minimum absolute atomic E-state index is 0.211. The number of aromatic nitrogens is 1. The van der Waals surface area contributed by atoms with Gasteiger partial charge in [0.25, 0.3) is 0 Å². The summed E-state index contributed by atoms with van der Waals surface area (Å²) in [6, 6.07) is 23.5. The fraction of sp³-hybridized carbons (Fsp3) is 0.125. The summed E-state index contributed by atoms with van der Waals surface area (Å²) in [5, 5.41) is 1.69. The average molecular weight is 357 g/mol. The summed E-state index contributed by atoms with van der Waals surface area (Å²) in [5.74, 6) is 0.325. The quantitative estimate of drug-likeness (QED) is 0.447. The molecule has 0 aliphatic heterocycles. The molecule has 0 aliphatic carbocycles. The number of hydrogen-bond donors (Lipinski definition) is 0. The van der Waals surface area contributed by atoms with Crippen LogP contribution in [0.5, 0.6) is 5.88 Å². The van der Waals surface area contributed by atoms with Gasteiger partial charge in [-0.15, -0.1) is 0 Å². The van der Waals surface area contributed by atoms with Crippen LogP contribution < -0.4 is 4.74 Å². The fourth-order valence-electron chi connectivity index (χ4n) is 3.20. The summed E-state index contributed by atoms with van der Waals surface area (Å²) < 4.78 is 20.3. The van der Waals surface area contributed by atoms with Crippen molar-refractivity contribution in [2.24, 2.45) is 0 Å². The predicted molar refractivity (Wildman–Crippen MR) is 106 cm³/mol. The van der Waals surface area contributed by atoms with Gasteiger partial charge in [0.05, 0.1) is 0 Å². The highest BCUT2D eigenvalue weighted by Crippen LogP contribution is 2.30. The van der Waals surface area contributed by atoms with Gasteiger partial charge in [-0.25, -0.2) is 9.37 Å². The summed E-state index contributed by atoms with van der Waals surface area (Å²) in [4.78, 5) is 4.54. The van der Waals surface area contributed by atoms with E-state index in [9.17, 15) is 4.39 Å². The van der Waals surface area contributed by atoms with Crippen molar-refractivity contribution in [1.29, 1.82) is 0 Å². The van der Waals surface area contributed by atoms with Crippen LogP contribution in [0.25, 0.3) is 10.8 Å². The smallest absolute Gasteiger partial charge is 0.221 e. The van der Waals surface area contributed by atoms with Crippen molar-refractivity contribution in [1.82, 2.24) is 4.98 Å². The number of nitrogens with zero attached hydrogens (tertiary/aromatic N) is 1. The zero-order chi connectivity index (χ0) is 18.6. The van der Waals surface area contributed by atoms with Gasteiger partial charge in [0, 0.05) is 11.6 Å². The third kappa shape index (κ3) is 3.82. The first-order chi connectivity index (χ1) is 13.2. The molecule has 2 nitrogen and oxygen atoms in total. The number of benzene rings is 3. The monoisotopic (exact) mass is 357 g/mol. The first kappa shape index (κ1) is 17.2. The van der Waals surface area contributed by atoms with Gasteiger partial charge < -0.3 is 4.74 Å². The van der Waals surface area contributed by atoms with Crippen LogP contribution in [0.1, 0.15) is 22.3 Å². The molecule has 0 atom stereocenters. The van der Waals surface area contributed by atoms with Crippen LogP contribution in [0.3, 0.4) is 0 Å². The molecule has 0 fully saturated rings. The molecule has 0 saturated carbocycles. The van der Waals surface area contributed by atoms with E-state index in [1.54, 1.807) is 19.2 Å². The molecular weight excluding hydrogens is 337 g/mol. The van der Waals surface area contributed by atoms with Crippen LogP contribution in [0.15, 0.2) is 79.0 Å². The standard InChI is InChI=1S/C24H20FNO/c1-17-12-22-21(14-23(17)25)20(13-18-8-4-2-5-9-18)15-26-24(22)27-16-19-10-6-3-7-11-19/h2-12,14-15H,13,16H2,1H3. The Morgan fingerprint density at radius 3 is 2.22 bits per heavy atom. The zero-order valence-electron chi connectivity index (χ0n) is 15.2. The summed E-state index contributed by atoms with van der Waals surface area (Å²) in [7, 11) is 0. The Labute approximate surface area is 158 Å². The van der Waals surface area contributed by atoms with E-state index in [-0.39, 0.29) is 5.82 Å². The summed E-state index contributed by atoms with van der Waals surface area (Å²) in [5.41, 5.74) is 3.81. The molecule has 0 bridgehead atoms. The SMILES string of the molecule is Cc1cc2c(OCc3ccccc3)ncc(Cc3ccccc3)c2cc1F. The van der Waals surface area contributed by atoms with Gasteiger partial charge in [-0.05, 0) is 53.1 Å². The molecule has 3 aromatic carbocycles. The number of hydrogen-bond acceptors (Lipinski definition) is 2. The van der Waals surface area contributed by atoms with Crippen LogP contribution in [0, 0.1) is 12.7 Å². The summed E-state index contributed by atoms with van der Waals surface area (Å²) in [6.07, 6.45) is 2.50. The maximum absolute atomic E-state index is 14.3. The number of rotatable bonds is 5. The Morgan fingerprint density at radius 1 is 0.852 bits per heavy atom. The van der Waals surface area contributed by atoms with Crippen molar-refractivity contribution in [3.05, 3.63) is 107 Å². The van der Waals surface area contributed by atoms with Gasteiger partial charge in [-0.3, -0.25) is 0 Å². The van der Waals surface area contributed by atoms with Gasteiger partial charge in [0.2, 0.25) is 5.88 Å². The Bertz CT molecular complexity index is 1060. The Hall–Kier alpha value is -3.20. The molecule has 3 heteroatoms. The van der Waals surface area contributed by atoms with Gasteiger partial charge in [-0.1, -0.05) is 60.7 Å². The van der Waals surface area contributed by atoms with Crippen LogP contribution in [-0.4, -0.2) is 4.98 Å². The van der Waals surface area contributed by atoms with Gasteiger partial charge >= 0.3 is 0 Å². The molecule has 0 amide bonds. The van der Waals surface area contributed by atoms with E-state index in [1.165, 1.54) is 5.56 Å². The van der Waals surface area contributed by atoms with Crippen LogP contribution in [-0.2, 0) is 13.0 Å². The second kappa shape index (κ2) is 7.58. The molecule has 0 radical (unpaired) electrons. The number of aryl methyl sites for hydroxylation is 1. The molecule has 134 valence electrons. The fourth-order valence-corrected chi connectivity index (χ4v) is 3.20. The average Bonchev–Trinajstić information content (AvgIpc) is 2.70. The third-order valence-electron chi connectivity index (χ3n) is 4.67. The number of pyridine rings is 1. The van der Waals surface area contributed by atoms with Crippen molar-refractivity contribution in [3.8, 4) is 5.88 Å². The zero-order valence-corrected chi connectivity index (χ0v) is 15.2. The highest BCUT2D eigenvalue weighted by molar-refractivity contribution is 5.90. The highest BCUT2D eigenvalue weighted by atomic mass is 19.1. The van der Waals surface area contributed by atoms with E-state index >= 15 is 0 Å². The molecule has 4 rings (SSSR count). The molecular formula is C24H20FNO. The van der Waals surface area contributed by atoms with E-state index in [0.717, 1.165) is 21.9 Å². The van der Waals surface area contributed by atoms with Crippen molar-refractivity contribution in [3.63, 3.8) is 0 Å². The minimum atomic E-state index is -0.211. The molecule has 0 saturated heterocycles. The van der Waals surface area contributed by atoms with Gasteiger partial charge in [0.15, 0.2) is 0 Å². The number of halogens is 1. The molecule has 0 aliphatic rings. The van der Waals surface area contributed by atoms with E-state index in [1.807, 2.05) is 54.6 Å². The van der Waals surface area contributed by atoms with Crippen molar-refractivity contribution in [2.45, 2.75) is 20.0 Å². The molecule has 27 heavy (non-hydrogen) atoms.